The molecule has 0 radical (unpaired) electrons. The lowest BCUT2D eigenvalue weighted by Crippen LogP contribution is -2.07. The van der Waals surface area contributed by atoms with Gasteiger partial charge < -0.3 is 14.5 Å². The van der Waals surface area contributed by atoms with Crippen molar-refractivity contribution in [3.63, 3.8) is 0 Å². The van der Waals surface area contributed by atoms with Crippen LogP contribution >= 0.6 is 0 Å². The molecule has 1 amide bonds. The number of benzene rings is 1. The fraction of sp³-hybridized carbons (Fsp3) is 0.0526. The van der Waals surface area contributed by atoms with Gasteiger partial charge in [-0.05, 0) is 42.5 Å². The predicted octanol–water partition coefficient (Wildman–Crippen LogP) is 3.91. The fourth-order valence-corrected chi connectivity index (χ4v) is 2.03. The summed E-state index contributed by atoms with van der Waals surface area (Å²) in [5.74, 6) is 1.04. The average molecular weight is 320 g/mol. The highest BCUT2D eigenvalue weighted by Crippen LogP contribution is 2.18. The first-order chi connectivity index (χ1) is 11.8. The zero-order chi connectivity index (χ0) is 16.6. The Hall–Kier alpha value is -3.34. The highest BCUT2D eigenvalue weighted by Gasteiger charge is 2.02. The second kappa shape index (κ2) is 7.78. The summed E-state index contributed by atoms with van der Waals surface area (Å²) < 4.78 is 10.8. The molecule has 3 rings (SSSR count). The van der Waals surface area contributed by atoms with Gasteiger partial charge in [0, 0.05) is 24.0 Å². The zero-order valence-corrected chi connectivity index (χ0v) is 12.9. The standard InChI is InChI=1S/C19H16N2O3/c22-19(10-9-17-8-4-12-23-17)21-15-6-3-7-18(13-15)24-14-16-5-1-2-11-20-16/h1-13H,14H2,(H,21,22)/b10-9+. The van der Waals surface area contributed by atoms with Gasteiger partial charge in [-0.1, -0.05) is 12.1 Å². The van der Waals surface area contributed by atoms with Crippen LogP contribution in [0.15, 0.2) is 77.6 Å². The molecule has 1 aromatic carbocycles. The molecule has 0 unspecified atom stereocenters. The summed E-state index contributed by atoms with van der Waals surface area (Å²) >= 11 is 0. The maximum atomic E-state index is 11.9. The molecule has 0 fully saturated rings. The van der Waals surface area contributed by atoms with Crippen molar-refractivity contribution in [2.24, 2.45) is 0 Å². The molecule has 0 aliphatic carbocycles. The van der Waals surface area contributed by atoms with E-state index in [0.29, 0.717) is 23.8 Å². The number of nitrogens with one attached hydrogen (secondary N) is 1. The van der Waals surface area contributed by atoms with Gasteiger partial charge >= 0.3 is 0 Å². The van der Waals surface area contributed by atoms with Crippen LogP contribution in [0.3, 0.4) is 0 Å². The molecule has 0 saturated heterocycles. The maximum absolute atomic E-state index is 11.9. The number of anilines is 1. The molecular weight excluding hydrogens is 304 g/mol. The van der Waals surface area contributed by atoms with Crippen LogP contribution in [0.25, 0.3) is 6.08 Å². The van der Waals surface area contributed by atoms with Gasteiger partial charge in [-0.15, -0.1) is 0 Å². The summed E-state index contributed by atoms with van der Waals surface area (Å²) in [6.07, 6.45) is 6.30. The molecule has 120 valence electrons. The summed E-state index contributed by atoms with van der Waals surface area (Å²) in [5.41, 5.74) is 1.50. The van der Waals surface area contributed by atoms with E-state index in [1.54, 1.807) is 42.8 Å². The van der Waals surface area contributed by atoms with E-state index in [1.807, 2.05) is 30.3 Å². The van der Waals surface area contributed by atoms with Gasteiger partial charge in [-0.3, -0.25) is 9.78 Å². The van der Waals surface area contributed by atoms with Gasteiger partial charge in [0.1, 0.15) is 18.1 Å². The van der Waals surface area contributed by atoms with E-state index in [2.05, 4.69) is 10.3 Å². The number of rotatable bonds is 6. The van der Waals surface area contributed by atoms with Crippen molar-refractivity contribution in [3.8, 4) is 5.75 Å². The van der Waals surface area contributed by atoms with Gasteiger partial charge in [0.2, 0.25) is 5.91 Å². The van der Waals surface area contributed by atoms with Crippen molar-refractivity contribution < 1.29 is 13.9 Å². The molecule has 0 spiro atoms. The van der Waals surface area contributed by atoms with Gasteiger partial charge in [0.15, 0.2) is 0 Å². The highest BCUT2D eigenvalue weighted by atomic mass is 16.5. The average Bonchev–Trinajstić information content (AvgIpc) is 3.13. The van der Waals surface area contributed by atoms with Gasteiger partial charge in [0.05, 0.1) is 12.0 Å². The van der Waals surface area contributed by atoms with Gasteiger partial charge in [-0.2, -0.15) is 0 Å². The Morgan fingerprint density at radius 3 is 2.92 bits per heavy atom. The van der Waals surface area contributed by atoms with Crippen molar-refractivity contribution in [2.75, 3.05) is 5.32 Å². The van der Waals surface area contributed by atoms with E-state index in [4.69, 9.17) is 9.15 Å². The highest BCUT2D eigenvalue weighted by molar-refractivity contribution is 6.01. The molecule has 2 aromatic heterocycles. The zero-order valence-electron chi connectivity index (χ0n) is 12.9. The second-order valence-electron chi connectivity index (χ2n) is 4.98. The first-order valence-electron chi connectivity index (χ1n) is 7.45. The van der Waals surface area contributed by atoms with Crippen LogP contribution in [-0.4, -0.2) is 10.9 Å². The second-order valence-corrected chi connectivity index (χ2v) is 4.98. The van der Waals surface area contributed by atoms with E-state index in [-0.39, 0.29) is 5.91 Å². The lowest BCUT2D eigenvalue weighted by atomic mass is 10.3. The van der Waals surface area contributed by atoms with E-state index in [1.165, 1.54) is 6.08 Å². The normalized spacial score (nSPS) is 10.7. The number of hydrogen-bond donors (Lipinski definition) is 1. The molecular formula is C19H16N2O3. The minimum absolute atomic E-state index is 0.242. The molecule has 3 aromatic rings. The molecule has 5 nitrogen and oxygen atoms in total. The SMILES string of the molecule is O=C(/C=C/c1ccco1)Nc1cccc(OCc2ccccn2)c1. The summed E-state index contributed by atoms with van der Waals surface area (Å²) in [6.45, 7) is 0.372. The minimum atomic E-state index is -0.242. The van der Waals surface area contributed by atoms with Crippen LogP contribution in [0.1, 0.15) is 11.5 Å². The smallest absolute Gasteiger partial charge is 0.248 e. The van der Waals surface area contributed by atoms with Crippen molar-refractivity contribution >= 4 is 17.7 Å². The number of ether oxygens (including phenoxy) is 1. The summed E-state index contributed by atoms with van der Waals surface area (Å²) in [7, 11) is 0. The number of carbonyl (C=O) groups excluding carboxylic acids is 1. The topological polar surface area (TPSA) is 64.4 Å². The summed E-state index contributed by atoms with van der Waals surface area (Å²) in [6, 6.07) is 16.4. The minimum Gasteiger partial charge on any atom is -0.487 e. The summed E-state index contributed by atoms with van der Waals surface area (Å²) in [5, 5.41) is 2.78. The van der Waals surface area contributed by atoms with Crippen molar-refractivity contribution in [1.82, 2.24) is 4.98 Å². The molecule has 1 N–H and O–H groups in total. The molecule has 2 heterocycles. The van der Waals surface area contributed by atoms with Crippen LogP contribution in [0.5, 0.6) is 5.75 Å². The van der Waals surface area contributed by atoms with Gasteiger partial charge in [-0.25, -0.2) is 0 Å². The quantitative estimate of drug-likeness (QED) is 0.700. The Morgan fingerprint density at radius 2 is 2.12 bits per heavy atom. The van der Waals surface area contributed by atoms with Crippen molar-refractivity contribution in [3.05, 3.63) is 84.6 Å². The lowest BCUT2D eigenvalue weighted by Gasteiger charge is -2.08. The monoisotopic (exact) mass is 320 g/mol. The van der Waals surface area contributed by atoms with E-state index < -0.39 is 0 Å². The Bertz CT molecular complexity index is 812. The molecule has 0 aliphatic heterocycles. The van der Waals surface area contributed by atoms with Crippen molar-refractivity contribution in [1.29, 1.82) is 0 Å². The van der Waals surface area contributed by atoms with Crippen LogP contribution in [0.4, 0.5) is 5.69 Å². The van der Waals surface area contributed by atoms with Crippen molar-refractivity contribution in [2.45, 2.75) is 6.61 Å². The number of nitrogens with zero attached hydrogens (tertiary/aromatic N) is 1. The van der Waals surface area contributed by atoms with E-state index in [9.17, 15) is 4.79 Å². The maximum Gasteiger partial charge on any atom is 0.248 e. The molecule has 24 heavy (non-hydrogen) atoms. The fourth-order valence-electron chi connectivity index (χ4n) is 2.03. The number of hydrogen-bond acceptors (Lipinski definition) is 4. The Kier molecular flexibility index (Phi) is 5.04. The van der Waals surface area contributed by atoms with E-state index >= 15 is 0 Å². The Balaban J connectivity index is 1.57. The number of aromatic nitrogens is 1. The Labute approximate surface area is 139 Å². The molecule has 0 saturated carbocycles. The molecule has 0 bridgehead atoms. The summed E-state index contributed by atoms with van der Waals surface area (Å²) in [4.78, 5) is 16.1. The van der Waals surface area contributed by atoms with E-state index in [0.717, 1.165) is 5.69 Å². The third-order valence-corrected chi connectivity index (χ3v) is 3.16. The number of furan rings is 1. The molecule has 0 atom stereocenters. The molecule has 5 heteroatoms. The van der Waals surface area contributed by atoms with Gasteiger partial charge in [0.25, 0.3) is 0 Å². The van der Waals surface area contributed by atoms with Crippen LogP contribution in [-0.2, 0) is 11.4 Å². The number of pyridine rings is 1. The number of amides is 1. The first kappa shape index (κ1) is 15.6. The largest absolute Gasteiger partial charge is 0.487 e. The lowest BCUT2D eigenvalue weighted by molar-refractivity contribution is -0.111. The predicted molar refractivity (Wildman–Crippen MR) is 91.4 cm³/mol. The molecule has 0 aliphatic rings. The third kappa shape index (κ3) is 4.58. The van der Waals surface area contributed by atoms with Crippen LogP contribution < -0.4 is 10.1 Å². The Morgan fingerprint density at radius 1 is 1.17 bits per heavy atom. The van der Waals surface area contributed by atoms with Crippen LogP contribution in [0, 0.1) is 0 Å². The van der Waals surface area contributed by atoms with Crippen LogP contribution in [0.2, 0.25) is 0 Å². The third-order valence-electron chi connectivity index (χ3n) is 3.16. The number of carbonyl (C=O) groups is 1. The first-order valence-corrected chi connectivity index (χ1v) is 7.45.